The number of H-pyrrole nitrogens is 1. The lowest BCUT2D eigenvalue weighted by molar-refractivity contribution is -0.122. The molecule has 0 spiro atoms. The summed E-state index contributed by atoms with van der Waals surface area (Å²) >= 11 is 0. The monoisotopic (exact) mass is 483 g/mol. The second-order valence-corrected chi connectivity index (χ2v) is 9.50. The summed E-state index contributed by atoms with van der Waals surface area (Å²) in [6.45, 7) is 6.96. The van der Waals surface area contributed by atoms with E-state index in [-0.39, 0.29) is 11.9 Å². The van der Waals surface area contributed by atoms with Crippen LogP contribution in [0.25, 0.3) is 22.3 Å². The summed E-state index contributed by atoms with van der Waals surface area (Å²) in [5, 5.41) is 7.54. The highest BCUT2D eigenvalue weighted by molar-refractivity contribution is 5.91. The number of nitrogens with zero attached hydrogens (tertiary/aromatic N) is 4. The lowest BCUT2D eigenvalue weighted by Gasteiger charge is -2.31. The van der Waals surface area contributed by atoms with Gasteiger partial charge in [-0.05, 0) is 42.8 Å². The number of aromatic nitrogens is 3. The van der Waals surface area contributed by atoms with Crippen LogP contribution >= 0.6 is 0 Å². The second kappa shape index (κ2) is 10.9. The lowest BCUT2D eigenvalue weighted by Crippen LogP contribution is -2.48. The number of aromatic amines is 1. The molecule has 3 N–H and O–H groups in total. The largest absolute Gasteiger partial charge is 0.363 e. The molecule has 186 valence electrons. The first-order valence-electron chi connectivity index (χ1n) is 12.5. The number of nitrogens with one attached hydrogen (secondary N) is 3. The molecule has 36 heavy (non-hydrogen) atoms. The van der Waals surface area contributed by atoms with E-state index in [9.17, 15) is 4.79 Å². The third-order valence-corrected chi connectivity index (χ3v) is 6.77. The normalized spacial score (nSPS) is 15.6. The average molecular weight is 484 g/mol. The number of benzene rings is 2. The Hall–Kier alpha value is -3.75. The molecule has 1 atom stereocenters. The van der Waals surface area contributed by atoms with E-state index in [0.29, 0.717) is 13.1 Å². The van der Waals surface area contributed by atoms with Crippen molar-refractivity contribution in [3.05, 3.63) is 78.1 Å². The minimum atomic E-state index is 0.0640. The number of hydrogen-bond acceptors (Lipinski definition) is 6. The van der Waals surface area contributed by atoms with Crippen molar-refractivity contribution >= 4 is 22.8 Å². The highest BCUT2D eigenvalue weighted by atomic mass is 16.2. The van der Waals surface area contributed by atoms with Crippen LogP contribution in [0, 0.1) is 0 Å². The molecule has 1 aliphatic heterocycles. The van der Waals surface area contributed by atoms with Gasteiger partial charge in [0.25, 0.3) is 0 Å². The fraction of sp³-hybridized carbons (Fsp3) is 0.321. The van der Waals surface area contributed by atoms with Crippen LogP contribution in [0.4, 0.5) is 5.82 Å². The van der Waals surface area contributed by atoms with Crippen molar-refractivity contribution in [3.8, 4) is 11.3 Å². The minimum absolute atomic E-state index is 0.0640. The Morgan fingerprint density at radius 1 is 1.03 bits per heavy atom. The van der Waals surface area contributed by atoms with Crippen LogP contribution in [0.15, 0.2) is 67.0 Å². The van der Waals surface area contributed by atoms with E-state index >= 15 is 0 Å². The molecule has 3 heterocycles. The van der Waals surface area contributed by atoms with E-state index in [1.807, 2.05) is 30.3 Å². The highest BCUT2D eigenvalue weighted by Gasteiger charge is 2.17. The molecule has 0 aliphatic carbocycles. The zero-order chi connectivity index (χ0) is 24.9. The van der Waals surface area contributed by atoms with Crippen molar-refractivity contribution in [1.82, 2.24) is 30.1 Å². The molecule has 0 bridgehead atoms. The Kier molecular flexibility index (Phi) is 7.25. The number of rotatable bonds is 8. The standard InChI is InChI=1S/C28H33N7O/c1-20(22-8-4-3-5-9-22)32-27-24-16-25(33-28(24)31-19-30-27)23-10-6-7-21(15-23)17-29-26(36)18-35-13-11-34(2)12-14-35/h3-10,15-16,19-20H,11-14,17-18H2,1-2H3,(H,29,36)(H2,30,31,32,33). The Morgan fingerprint density at radius 2 is 1.83 bits per heavy atom. The van der Waals surface area contributed by atoms with Gasteiger partial charge in [-0.3, -0.25) is 9.69 Å². The maximum Gasteiger partial charge on any atom is 0.234 e. The van der Waals surface area contributed by atoms with Crippen molar-refractivity contribution in [2.45, 2.75) is 19.5 Å². The zero-order valence-electron chi connectivity index (χ0n) is 20.9. The predicted octanol–water partition coefficient (Wildman–Crippen LogP) is 3.66. The maximum atomic E-state index is 12.5. The fourth-order valence-electron chi connectivity index (χ4n) is 4.55. The smallest absolute Gasteiger partial charge is 0.234 e. The third kappa shape index (κ3) is 5.72. The van der Waals surface area contributed by atoms with Gasteiger partial charge in [-0.2, -0.15) is 0 Å². The molecule has 8 nitrogen and oxygen atoms in total. The first-order valence-corrected chi connectivity index (χ1v) is 12.5. The van der Waals surface area contributed by atoms with Gasteiger partial charge in [-0.15, -0.1) is 0 Å². The van der Waals surface area contributed by atoms with E-state index in [2.05, 4.69) is 79.7 Å². The number of piperazine rings is 1. The molecule has 1 saturated heterocycles. The summed E-state index contributed by atoms with van der Waals surface area (Å²) in [5.41, 5.74) is 5.04. The molecular weight excluding hydrogens is 450 g/mol. The van der Waals surface area contributed by atoms with E-state index in [1.165, 1.54) is 5.56 Å². The summed E-state index contributed by atoms with van der Waals surface area (Å²) in [4.78, 5) is 29.3. The molecular formula is C28H33N7O. The number of amides is 1. The Balaban J connectivity index is 1.26. The van der Waals surface area contributed by atoms with Gasteiger partial charge in [-0.25, -0.2) is 9.97 Å². The topological polar surface area (TPSA) is 89.2 Å². The number of carbonyl (C=O) groups excluding carboxylic acids is 1. The SMILES string of the molecule is CC(Nc1ncnc2[nH]c(-c3cccc(CNC(=O)CN4CCN(C)CC4)c3)cc12)c1ccccc1. The number of hydrogen-bond donors (Lipinski definition) is 3. The van der Waals surface area contributed by atoms with E-state index in [4.69, 9.17) is 0 Å². The van der Waals surface area contributed by atoms with E-state index < -0.39 is 0 Å². The van der Waals surface area contributed by atoms with Gasteiger partial charge in [0.1, 0.15) is 17.8 Å². The summed E-state index contributed by atoms with van der Waals surface area (Å²) in [5.74, 6) is 0.861. The average Bonchev–Trinajstić information content (AvgIpc) is 3.35. The summed E-state index contributed by atoms with van der Waals surface area (Å²) in [6.07, 6.45) is 1.58. The Bertz CT molecular complexity index is 1310. The Labute approximate surface area is 211 Å². The highest BCUT2D eigenvalue weighted by Crippen LogP contribution is 2.29. The zero-order valence-corrected chi connectivity index (χ0v) is 20.9. The van der Waals surface area contributed by atoms with Gasteiger partial charge in [0.05, 0.1) is 11.9 Å². The third-order valence-electron chi connectivity index (χ3n) is 6.77. The van der Waals surface area contributed by atoms with Crippen LogP contribution in [0.3, 0.4) is 0 Å². The molecule has 1 unspecified atom stereocenters. The van der Waals surface area contributed by atoms with Gasteiger partial charge < -0.3 is 20.5 Å². The van der Waals surface area contributed by atoms with Crippen molar-refractivity contribution in [3.63, 3.8) is 0 Å². The van der Waals surface area contributed by atoms with Crippen molar-refractivity contribution in [2.75, 3.05) is 45.1 Å². The molecule has 5 rings (SSSR count). The van der Waals surface area contributed by atoms with Gasteiger partial charge in [0, 0.05) is 44.5 Å². The molecule has 8 heteroatoms. The van der Waals surface area contributed by atoms with Crippen LogP contribution in [0.5, 0.6) is 0 Å². The molecule has 2 aromatic carbocycles. The quantitative estimate of drug-likeness (QED) is 0.354. The molecule has 0 radical (unpaired) electrons. The van der Waals surface area contributed by atoms with Crippen molar-refractivity contribution in [2.24, 2.45) is 0 Å². The summed E-state index contributed by atoms with van der Waals surface area (Å²) < 4.78 is 0. The van der Waals surface area contributed by atoms with Gasteiger partial charge in [0.15, 0.2) is 0 Å². The number of carbonyl (C=O) groups is 1. The van der Waals surface area contributed by atoms with Gasteiger partial charge >= 0.3 is 0 Å². The molecule has 1 amide bonds. The van der Waals surface area contributed by atoms with E-state index in [0.717, 1.165) is 59.9 Å². The lowest BCUT2D eigenvalue weighted by atomic mass is 10.1. The number of anilines is 1. The van der Waals surface area contributed by atoms with Gasteiger partial charge in [0.2, 0.25) is 5.91 Å². The number of fused-ring (bicyclic) bond motifs is 1. The number of likely N-dealkylation sites (N-methyl/N-ethyl adjacent to an activating group) is 1. The predicted molar refractivity (Wildman–Crippen MR) is 144 cm³/mol. The van der Waals surface area contributed by atoms with Crippen molar-refractivity contribution < 1.29 is 4.79 Å². The van der Waals surface area contributed by atoms with Gasteiger partial charge in [-0.1, -0.05) is 48.5 Å². The van der Waals surface area contributed by atoms with E-state index in [1.54, 1.807) is 6.33 Å². The Morgan fingerprint density at radius 3 is 2.64 bits per heavy atom. The molecule has 0 saturated carbocycles. The second-order valence-electron chi connectivity index (χ2n) is 9.50. The molecule has 1 fully saturated rings. The van der Waals surface area contributed by atoms with Crippen LogP contribution in [-0.2, 0) is 11.3 Å². The van der Waals surface area contributed by atoms with Crippen LogP contribution in [0.2, 0.25) is 0 Å². The summed E-state index contributed by atoms with van der Waals surface area (Å²) in [7, 11) is 2.12. The molecule has 2 aromatic heterocycles. The van der Waals surface area contributed by atoms with Crippen LogP contribution < -0.4 is 10.6 Å². The van der Waals surface area contributed by atoms with Crippen LogP contribution in [0.1, 0.15) is 24.1 Å². The molecule has 1 aliphatic rings. The summed E-state index contributed by atoms with van der Waals surface area (Å²) in [6, 6.07) is 20.7. The first kappa shape index (κ1) is 24.0. The van der Waals surface area contributed by atoms with Crippen LogP contribution in [-0.4, -0.2) is 70.4 Å². The molecule has 4 aromatic rings. The fourth-order valence-corrected chi connectivity index (χ4v) is 4.55. The maximum absolute atomic E-state index is 12.5. The van der Waals surface area contributed by atoms with Crippen molar-refractivity contribution in [1.29, 1.82) is 0 Å². The minimum Gasteiger partial charge on any atom is -0.363 e. The first-order chi connectivity index (χ1) is 17.5.